The molecule has 0 radical (unpaired) electrons. The fourth-order valence-corrected chi connectivity index (χ4v) is 1.48. The van der Waals surface area contributed by atoms with Crippen molar-refractivity contribution < 1.29 is 4.79 Å². The number of anilines is 1. The van der Waals surface area contributed by atoms with E-state index in [-0.39, 0.29) is 5.91 Å². The molecule has 5 heteroatoms. The van der Waals surface area contributed by atoms with Gasteiger partial charge in [0.25, 0.3) is 5.91 Å². The van der Waals surface area contributed by atoms with E-state index >= 15 is 0 Å². The van der Waals surface area contributed by atoms with Crippen molar-refractivity contribution in [2.24, 2.45) is 5.92 Å². The maximum atomic E-state index is 12.1. The average Bonchev–Trinajstić information content (AvgIpc) is 2.35. The van der Waals surface area contributed by atoms with Gasteiger partial charge >= 0.3 is 0 Å². The van der Waals surface area contributed by atoms with Crippen LogP contribution in [-0.2, 0) is 0 Å². The van der Waals surface area contributed by atoms with Gasteiger partial charge in [0.1, 0.15) is 11.5 Å². The molecule has 1 rings (SSSR count). The molecule has 1 aromatic heterocycles. The normalized spacial score (nSPS) is 10.5. The van der Waals surface area contributed by atoms with Gasteiger partial charge in [-0.3, -0.25) is 9.78 Å². The van der Waals surface area contributed by atoms with Gasteiger partial charge < -0.3 is 10.2 Å². The van der Waals surface area contributed by atoms with Crippen molar-refractivity contribution in [3.63, 3.8) is 0 Å². The molecule has 0 aromatic carbocycles. The highest BCUT2D eigenvalue weighted by Gasteiger charge is 2.14. The highest BCUT2D eigenvalue weighted by molar-refractivity contribution is 5.92. The molecule has 0 saturated carbocycles. The summed E-state index contributed by atoms with van der Waals surface area (Å²) >= 11 is 0. The Balaban J connectivity index is 2.67. The van der Waals surface area contributed by atoms with Crippen molar-refractivity contribution in [1.29, 1.82) is 0 Å². The van der Waals surface area contributed by atoms with Crippen LogP contribution in [0.4, 0.5) is 5.82 Å². The fourth-order valence-electron chi connectivity index (χ4n) is 1.48. The first-order valence-electron chi connectivity index (χ1n) is 6.36. The zero-order valence-electron chi connectivity index (χ0n) is 11.6. The van der Waals surface area contributed by atoms with Crippen molar-refractivity contribution in [3.8, 4) is 0 Å². The second-order valence-electron chi connectivity index (χ2n) is 4.73. The first-order valence-corrected chi connectivity index (χ1v) is 6.36. The molecule has 0 saturated heterocycles. The lowest BCUT2D eigenvalue weighted by Crippen LogP contribution is -2.29. The van der Waals surface area contributed by atoms with Gasteiger partial charge in [0.05, 0.1) is 12.4 Å². The molecule has 1 aromatic rings. The largest absolute Gasteiger partial charge is 0.369 e. The van der Waals surface area contributed by atoms with Crippen LogP contribution in [0.15, 0.2) is 12.4 Å². The number of amides is 1. The number of rotatable bonds is 6. The maximum absolute atomic E-state index is 12.1. The van der Waals surface area contributed by atoms with Crippen molar-refractivity contribution >= 4 is 11.7 Å². The second kappa shape index (κ2) is 6.93. The van der Waals surface area contributed by atoms with E-state index in [0.717, 1.165) is 19.5 Å². The summed E-state index contributed by atoms with van der Waals surface area (Å²) in [5.74, 6) is 1.14. The standard InChI is InChI=1S/C13H22N4O/c1-5-15-12-9-14-8-11(16-12)13(18)17(4)7-6-10(2)3/h8-10H,5-7H2,1-4H3,(H,15,16). The number of aromatic nitrogens is 2. The Kier molecular flexibility index (Phi) is 5.55. The molecule has 1 amide bonds. The van der Waals surface area contributed by atoms with Crippen LogP contribution in [-0.4, -0.2) is 40.9 Å². The highest BCUT2D eigenvalue weighted by Crippen LogP contribution is 2.06. The molecule has 0 aliphatic rings. The first kappa shape index (κ1) is 14.4. The third-order valence-corrected chi connectivity index (χ3v) is 2.60. The monoisotopic (exact) mass is 250 g/mol. The Labute approximate surface area is 109 Å². The lowest BCUT2D eigenvalue weighted by atomic mass is 10.1. The molecule has 1 N–H and O–H groups in total. The topological polar surface area (TPSA) is 58.1 Å². The second-order valence-corrected chi connectivity index (χ2v) is 4.73. The van der Waals surface area contributed by atoms with Gasteiger partial charge in [0.15, 0.2) is 0 Å². The zero-order valence-corrected chi connectivity index (χ0v) is 11.6. The molecule has 0 fully saturated rings. The van der Waals surface area contributed by atoms with Crippen LogP contribution in [0.1, 0.15) is 37.7 Å². The Morgan fingerprint density at radius 1 is 1.44 bits per heavy atom. The van der Waals surface area contributed by atoms with Gasteiger partial charge in [0, 0.05) is 20.1 Å². The Bertz CT molecular complexity index is 392. The van der Waals surface area contributed by atoms with E-state index in [0.29, 0.717) is 17.4 Å². The predicted octanol–water partition coefficient (Wildman–Crippen LogP) is 2.03. The SMILES string of the molecule is CCNc1cncc(C(=O)N(C)CCC(C)C)n1. The Morgan fingerprint density at radius 3 is 2.78 bits per heavy atom. The third-order valence-electron chi connectivity index (χ3n) is 2.60. The minimum Gasteiger partial charge on any atom is -0.369 e. The summed E-state index contributed by atoms with van der Waals surface area (Å²) in [5, 5.41) is 3.05. The summed E-state index contributed by atoms with van der Waals surface area (Å²) in [7, 11) is 1.80. The van der Waals surface area contributed by atoms with Crippen LogP contribution in [0, 0.1) is 5.92 Å². The van der Waals surface area contributed by atoms with Gasteiger partial charge in [-0.2, -0.15) is 0 Å². The van der Waals surface area contributed by atoms with Crippen molar-refractivity contribution in [3.05, 3.63) is 18.1 Å². The molecule has 0 bridgehead atoms. The molecule has 18 heavy (non-hydrogen) atoms. The number of carbonyl (C=O) groups excluding carboxylic acids is 1. The molecule has 0 spiro atoms. The molecular weight excluding hydrogens is 228 g/mol. The highest BCUT2D eigenvalue weighted by atomic mass is 16.2. The molecule has 0 aliphatic heterocycles. The predicted molar refractivity (Wildman–Crippen MR) is 72.6 cm³/mol. The number of carbonyl (C=O) groups is 1. The third kappa shape index (κ3) is 4.31. The van der Waals surface area contributed by atoms with Crippen LogP contribution in [0.3, 0.4) is 0 Å². The minimum absolute atomic E-state index is 0.0806. The van der Waals surface area contributed by atoms with E-state index in [1.165, 1.54) is 6.20 Å². The fraction of sp³-hybridized carbons (Fsp3) is 0.615. The first-order chi connectivity index (χ1) is 8.54. The smallest absolute Gasteiger partial charge is 0.273 e. The van der Waals surface area contributed by atoms with Gasteiger partial charge in [-0.05, 0) is 19.3 Å². The molecule has 0 unspecified atom stereocenters. The lowest BCUT2D eigenvalue weighted by Gasteiger charge is -2.17. The summed E-state index contributed by atoms with van der Waals surface area (Å²) in [6.07, 6.45) is 4.12. The minimum atomic E-state index is -0.0806. The summed E-state index contributed by atoms with van der Waals surface area (Å²) in [6, 6.07) is 0. The van der Waals surface area contributed by atoms with Crippen LogP contribution >= 0.6 is 0 Å². The van der Waals surface area contributed by atoms with Gasteiger partial charge in [0.2, 0.25) is 0 Å². The van der Waals surface area contributed by atoms with Crippen molar-refractivity contribution in [1.82, 2.24) is 14.9 Å². The van der Waals surface area contributed by atoms with E-state index < -0.39 is 0 Å². The van der Waals surface area contributed by atoms with Crippen LogP contribution in [0.25, 0.3) is 0 Å². The van der Waals surface area contributed by atoms with Crippen LogP contribution in [0.5, 0.6) is 0 Å². The molecule has 1 heterocycles. The summed E-state index contributed by atoms with van der Waals surface area (Å²) in [4.78, 5) is 22.1. The number of hydrogen-bond acceptors (Lipinski definition) is 4. The van der Waals surface area contributed by atoms with Crippen LogP contribution < -0.4 is 5.32 Å². The summed E-state index contributed by atoms with van der Waals surface area (Å²) in [5.41, 5.74) is 0.389. The number of hydrogen-bond donors (Lipinski definition) is 1. The average molecular weight is 250 g/mol. The molecule has 100 valence electrons. The van der Waals surface area contributed by atoms with E-state index in [1.807, 2.05) is 6.92 Å². The molecule has 5 nitrogen and oxygen atoms in total. The van der Waals surface area contributed by atoms with Gasteiger partial charge in [-0.1, -0.05) is 13.8 Å². The Morgan fingerprint density at radius 2 is 2.17 bits per heavy atom. The number of nitrogens with zero attached hydrogens (tertiary/aromatic N) is 3. The Hall–Kier alpha value is -1.65. The van der Waals surface area contributed by atoms with E-state index in [1.54, 1.807) is 18.1 Å². The van der Waals surface area contributed by atoms with Crippen molar-refractivity contribution in [2.75, 3.05) is 25.5 Å². The molecule has 0 atom stereocenters. The van der Waals surface area contributed by atoms with E-state index in [9.17, 15) is 4.79 Å². The van der Waals surface area contributed by atoms with Crippen LogP contribution in [0.2, 0.25) is 0 Å². The summed E-state index contributed by atoms with van der Waals surface area (Å²) in [6.45, 7) is 7.76. The quantitative estimate of drug-likeness (QED) is 0.839. The van der Waals surface area contributed by atoms with E-state index in [2.05, 4.69) is 29.1 Å². The zero-order chi connectivity index (χ0) is 13.5. The maximum Gasteiger partial charge on any atom is 0.273 e. The van der Waals surface area contributed by atoms with Gasteiger partial charge in [-0.15, -0.1) is 0 Å². The van der Waals surface area contributed by atoms with Crippen molar-refractivity contribution in [2.45, 2.75) is 27.2 Å². The molecule has 0 aliphatic carbocycles. The lowest BCUT2D eigenvalue weighted by molar-refractivity contribution is 0.0783. The van der Waals surface area contributed by atoms with E-state index in [4.69, 9.17) is 0 Å². The molecular formula is C13H22N4O. The summed E-state index contributed by atoms with van der Waals surface area (Å²) < 4.78 is 0. The van der Waals surface area contributed by atoms with Gasteiger partial charge in [-0.25, -0.2) is 4.98 Å². The number of nitrogens with one attached hydrogen (secondary N) is 1.